The number of nitrogens with two attached hydrogens (primary N) is 1. The number of hydrogen-bond acceptors (Lipinski definition) is 1. The van der Waals surface area contributed by atoms with Crippen molar-refractivity contribution in [2.45, 2.75) is 40.3 Å². The van der Waals surface area contributed by atoms with E-state index in [0.717, 1.165) is 6.54 Å². The summed E-state index contributed by atoms with van der Waals surface area (Å²) in [6, 6.07) is 15.3. The van der Waals surface area contributed by atoms with Gasteiger partial charge in [-0.3, -0.25) is 0 Å². The molecule has 1 aromatic heterocycles. The smallest absolute Gasteiger partial charge is 0.0491 e. The van der Waals surface area contributed by atoms with Crippen molar-refractivity contribution in [3.8, 4) is 0 Å². The third-order valence-electron chi connectivity index (χ3n) is 4.40. The zero-order valence-electron chi connectivity index (χ0n) is 13.8. The fraction of sp³-hybridized carbons (Fsp3) is 0.368. The number of fused-ring (bicyclic) bond motifs is 3. The predicted molar refractivity (Wildman–Crippen MR) is 98.7 cm³/mol. The highest BCUT2D eigenvalue weighted by Gasteiger charge is 2.23. The van der Waals surface area contributed by atoms with Crippen LogP contribution in [-0.4, -0.2) is 4.57 Å². The minimum Gasteiger partial charge on any atom is -0.341 e. The molecule has 0 unspecified atom stereocenters. The van der Waals surface area contributed by atoms with Crippen molar-refractivity contribution in [2.75, 3.05) is 0 Å². The molecule has 0 bridgehead atoms. The molecule has 3 rings (SSSR count). The Kier molecular flexibility index (Phi) is 4.55. The summed E-state index contributed by atoms with van der Waals surface area (Å²) in [6.07, 6.45) is 0. The Bertz CT molecular complexity index is 796. The lowest BCUT2D eigenvalue weighted by atomic mass is 9.83. The summed E-state index contributed by atoms with van der Waals surface area (Å²) in [5.74, 6) is 0. The Balaban J connectivity index is 0.00000176. The summed E-state index contributed by atoms with van der Waals surface area (Å²) in [5.41, 5.74) is 10.3. The van der Waals surface area contributed by atoms with Gasteiger partial charge in [0.2, 0.25) is 0 Å². The minimum absolute atomic E-state index is 0. The number of nitrogens with zero attached hydrogens (tertiary/aromatic N) is 1. The van der Waals surface area contributed by atoms with E-state index in [2.05, 4.69) is 74.7 Å². The summed E-state index contributed by atoms with van der Waals surface area (Å²) < 4.78 is 2.37. The highest BCUT2D eigenvalue weighted by molar-refractivity contribution is 6.08. The van der Waals surface area contributed by atoms with E-state index in [0.29, 0.717) is 0 Å². The van der Waals surface area contributed by atoms with Crippen LogP contribution in [0.5, 0.6) is 0 Å². The van der Waals surface area contributed by atoms with E-state index in [1.165, 1.54) is 27.4 Å². The first-order valence-corrected chi connectivity index (χ1v) is 7.70. The standard InChI is InChI=1S/C19H24N2.ClH/c1-5-21-16-9-7-6-8-14(16)15-12-13(10-11-17(15)21)18(20)19(2,3)4;/h6-12,18H,5,20H2,1-4H3;1H/t18-;/m0./s1. The second-order valence-electron chi connectivity index (χ2n) is 6.88. The second-order valence-corrected chi connectivity index (χ2v) is 6.88. The van der Waals surface area contributed by atoms with Gasteiger partial charge in [0.05, 0.1) is 0 Å². The summed E-state index contributed by atoms with van der Waals surface area (Å²) in [7, 11) is 0. The van der Waals surface area contributed by atoms with Gasteiger partial charge in [-0.15, -0.1) is 12.4 Å². The number of halogens is 1. The predicted octanol–water partition coefficient (Wildman–Crippen LogP) is 5.28. The molecule has 1 atom stereocenters. The Morgan fingerprint density at radius 3 is 2.27 bits per heavy atom. The molecule has 1 heterocycles. The maximum atomic E-state index is 6.44. The van der Waals surface area contributed by atoms with Gasteiger partial charge in [-0.1, -0.05) is 45.0 Å². The topological polar surface area (TPSA) is 30.9 Å². The van der Waals surface area contributed by atoms with Gasteiger partial charge in [-0.2, -0.15) is 0 Å². The second kappa shape index (κ2) is 5.94. The molecular formula is C19H25ClN2. The van der Waals surface area contributed by atoms with Crippen LogP contribution in [-0.2, 0) is 6.54 Å². The molecule has 22 heavy (non-hydrogen) atoms. The lowest BCUT2D eigenvalue weighted by molar-refractivity contribution is 0.327. The zero-order chi connectivity index (χ0) is 15.2. The number of para-hydroxylation sites is 1. The molecule has 3 heteroatoms. The molecule has 0 aliphatic heterocycles. The van der Waals surface area contributed by atoms with Gasteiger partial charge in [0.25, 0.3) is 0 Å². The lowest BCUT2D eigenvalue weighted by Gasteiger charge is -2.27. The number of benzene rings is 2. The molecule has 2 N–H and O–H groups in total. The maximum Gasteiger partial charge on any atom is 0.0491 e. The van der Waals surface area contributed by atoms with Crippen LogP contribution < -0.4 is 5.73 Å². The van der Waals surface area contributed by atoms with E-state index in [4.69, 9.17) is 5.73 Å². The Hall–Kier alpha value is -1.51. The number of aryl methyl sites for hydroxylation is 1. The molecule has 0 aliphatic rings. The van der Waals surface area contributed by atoms with E-state index >= 15 is 0 Å². The van der Waals surface area contributed by atoms with Crippen molar-refractivity contribution in [2.24, 2.45) is 11.1 Å². The number of hydrogen-bond donors (Lipinski definition) is 1. The van der Waals surface area contributed by atoms with Gasteiger partial charge in [-0.25, -0.2) is 0 Å². The summed E-state index contributed by atoms with van der Waals surface area (Å²) in [5, 5.41) is 2.63. The molecule has 0 saturated heterocycles. The molecule has 0 saturated carbocycles. The molecule has 2 aromatic carbocycles. The molecular weight excluding hydrogens is 292 g/mol. The van der Waals surface area contributed by atoms with Crippen molar-refractivity contribution in [1.82, 2.24) is 4.57 Å². The fourth-order valence-electron chi connectivity index (χ4n) is 3.11. The lowest BCUT2D eigenvalue weighted by Crippen LogP contribution is -2.26. The van der Waals surface area contributed by atoms with E-state index in [1.54, 1.807) is 0 Å². The van der Waals surface area contributed by atoms with E-state index < -0.39 is 0 Å². The maximum absolute atomic E-state index is 6.44. The quantitative estimate of drug-likeness (QED) is 0.685. The first-order chi connectivity index (χ1) is 9.93. The molecule has 0 aliphatic carbocycles. The molecule has 0 fully saturated rings. The van der Waals surface area contributed by atoms with Crippen LogP contribution >= 0.6 is 12.4 Å². The van der Waals surface area contributed by atoms with Crippen molar-refractivity contribution in [3.63, 3.8) is 0 Å². The van der Waals surface area contributed by atoms with Crippen molar-refractivity contribution in [3.05, 3.63) is 48.0 Å². The average Bonchev–Trinajstić information content (AvgIpc) is 2.78. The monoisotopic (exact) mass is 316 g/mol. The van der Waals surface area contributed by atoms with Crippen molar-refractivity contribution >= 4 is 34.2 Å². The molecule has 3 aromatic rings. The summed E-state index contributed by atoms with van der Waals surface area (Å²) >= 11 is 0. The largest absolute Gasteiger partial charge is 0.341 e. The minimum atomic E-state index is 0. The van der Waals surface area contributed by atoms with E-state index in [9.17, 15) is 0 Å². The van der Waals surface area contributed by atoms with Gasteiger partial charge >= 0.3 is 0 Å². The van der Waals surface area contributed by atoms with Crippen LogP contribution in [0.2, 0.25) is 0 Å². The average molecular weight is 317 g/mol. The zero-order valence-corrected chi connectivity index (χ0v) is 14.6. The van der Waals surface area contributed by atoms with Gasteiger partial charge in [-0.05, 0) is 36.1 Å². The highest BCUT2D eigenvalue weighted by Crippen LogP contribution is 2.35. The van der Waals surface area contributed by atoms with Crippen molar-refractivity contribution in [1.29, 1.82) is 0 Å². The van der Waals surface area contributed by atoms with Gasteiger partial charge < -0.3 is 10.3 Å². The number of aromatic nitrogens is 1. The molecule has 118 valence electrons. The highest BCUT2D eigenvalue weighted by atomic mass is 35.5. The van der Waals surface area contributed by atoms with Crippen LogP contribution in [0.15, 0.2) is 42.5 Å². The van der Waals surface area contributed by atoms with Crippen LogP contribution in [0.1, 0.15) is 39.3 Å². The van der Waals surface area contributed by atoms with E-state index in [-0.39, 0.29) is 23.9 Å². The van der Waals surface area contributed by atoms with Crippen LogP contribution in [0, 0.1) is 5.41 Å². The van der Waals surface area contributed by atoms with Gasteiger partial charge in [0, 0.05) is 34.4 Å². The SMILES string of the molecule is CCn1c2ccccc2c2cc([C@H](N)C(C)(C)C)ccc21.Cl. The Morgan fingerprint density at radius 2 is 1.64 bits per heavy atom. The third-order valence-corrected chi connectivity index (χ3v) is 4.40. The Morgan fingerprint density at radius 1 is 1.00 bits per heavy atom. The third kappa shape index (κ3) is 2.62. The van der Waals surface area contributed by atoms with Gasteiger partial charge in [0.15, 0.2) is 0 Å². The van der Waals surface area contributed by atoms with E-state index in [1.807, 2.05) is 0 Å². The van der Waals surface area contributed by atoms with Gasteiger partial charge in [0.1, 0.15) is 0 Å². The fourth-order valence-corrected chi connectivity index (χ4v) is 3.11. The van der Waals surface area contributed by atoms with Crippen LogP contribution in [0.4, 0.5) is 0 Å². The number of rotatable bonds is 2. The van der Waals surface area contributed by atoms with Crippen molar-refractivity contribution < 1.29 is 0 Å². The normalized spacial score (nSPS) is 13.3. The molecule has 0 amide bonds. The van der Waals surface area contributed by atoms with Crippen LogP contribution in [0.3, 0.4) is 0 Å². The molecule has 2 nitrogen and oxygen atoms in total. The summed E-state index contributed by atoms with van der Waals surface area (Å²) in [4.78, 5) is 0. The van der Waals surface area contributed by atoms with Crippen LogP contribution in [0.25, 0.3) is 21.8 Å². The molecule has 0 spiro atoms. The first kappa shape index (κ1) is 16.9. The first-order valence-electron chi connectivity index (χ1n) is 7.70. The Labute approximate surface area is 138 Å². The molecule has 0 radical (unpaired) electrons. The summed E-state index contributed by atoms with van der Waals surface area (Å²) in [6.45, 7) is 9.75.